The number of anilines is 1. The summed E-state index contributed by atoms with van der Waals surface area (Å²) in [6, 6.07) is 8.24. The SMILES string of the molecule is COc1ccc(NC(=O)C(C)Sc2ccc(F)cc2F)cc1OC. The number of thioether (sulfide) groups is 1. The van der Waals surface area contributed by atoms with Crippen LogP contribution in [0.5, 0.6) is 11.5 Å². The first-order valence-corrected chi connectivity index (χ1v) is 7.97. The topological polar surface area (TPSA) is 47.6 Å². The van der Waals surface area contributed by atoms with E-state index in [0.29, 0.717) is 17.2 Å². The highest BCUT2D eigenvalue weighted by atomic mass is 32.2. The molecule has 1 N–H and O–H groups in total. The van der Waals surface area contributed by atoms with Gasteiger partial charge in [0.05, 0.1) is 19.5 Å². The highest BCUT2D eigenvalue weighted by Crippen LogP contribution is 2.31. The van der Waals surface area contributed by atoms with Crippen molar-refractivity contribution in [2.75, 3.05) is 19.5 Å². The van der Waals surface area contributed by atoms with Gasteiger partial charge in [-0.15, -0.1) is 11.8 Å². The lowest BCUT2D eigenvalue weighted by atomic mass is 10.2. The molecule has 0 aliphatic heterocycles. The molecular weight excluding hydrogens is 336 g/mol. The molecule has 2 aromatic rings. The van der Waals surface area contributed by atoms with E-state index in [0.717, 1.165) is 23.9 Å². The lowest BCUT2D eigenvalue weighted by Crippen LogP contribution is -2.22. The minimum absolute atomic E-state index is 0.214. The number of methoxy groups -OCH3 is 2. The fourth-order valence-corrected chi connectivity index (χ4v) is 2.84. The summed E-state index contributed by atoms with van der Waals surface area (Å²) in [5, 5.41) is 2.16. The van der Waals surface area contributed by atoms with Crippen molar-refractivity contribution >= 4 is 23.4 Å². The van der Waals surface area contributed by atoms with Gasteiger partial charge in [-0.1, -0.05) is 0 Å². The second kappa shape index (κ2) is 8.01. The minimum atomic E-state index is -0.689. The van der Waals surface area contributed by atoms with Crippen LogP contribution in [0, 0.1) is 11.6 Å². The average Bonchev–Trinajstić information content (AvgIpc) is 2.57. The van der Waals surface area contributed by atoms with Crippen molar-refractivity contribution in [3.63, 3.8) is 0 Å². The van der Waals surface area contributed by atoms with Crippen LogP contribution in [0.25, 0.3) is 0 Å². The number of nitrogens with one attached hydrogen (secondary N) is 1. The van der Waals surface area contributed by atoms with Gasteiger partial charge in [-0.25, -0.2) is 8.78 Å². The van der Waals surface area contributed by atoms with Crippen molar-refractivity contribution in [3.05, 3.63) is 48.0 Å². The summed E-state index contributed by atoms with van der Waals surface area (Å²) in [4.78, 5) is 12.5. The summed E-state index contributed by atoms with van der Waals surface area (Å²) in [7, 11) is 3.02. The van der Waals surface area contributed by atoms with Gasteiger partial charge in [0.15, 0.2) is 11.5 Å². The van der Waals surface area contributed by atoms with E-state index < -0.39 is 16.9 Å². The molecule has 4 nitrogen and oxygen atoms in total. The highest BCUT2D eigenvalue weighted by molar-refractivity contribution is 8.00. The van der Waals surface area contributed by atoms with Crippen molar-refractivity contribution in [2.45, 2.75) is 17.1 Å². The monoisotopic (exact) mass is 353 g/mol. The number of carbonyl (C=O) groups is 1. The lowest BCUT2D eigenvalue weighted by Gasteiger charge is -2.14. The van der Waals surface area contributed by atoms with E-state index in [9.17, 15) is 13.6 Å². The average molecular weight is 353 g/mol. The van der Waals surface area contributed by atoms with Gasteiger partial charge in [-0.3, -0.25) is 4.79 Å². The zero-order chi connectivity index (χ0) is 17.7. The van der Waals surface area contributed by atoms with Crippen LogP contribution in [0.4, 0.5) is 14.5 Å². The molecule has 0 bridgehead atoms. The van der Waals surface area contributed by atoms with E-state index in [2.05, 4.69) is 5.32 Å². The van der Waals surface area contributed by atoms with Crippen LogP contribution in [0.3, 0.4) is 0 Å². The molecule has 1 atom stereocenters. The lowest BCUT2D eigenvalue weighted by molar-refractivity contribution is -0.115. The Labute approximate surface area is 143 Å². The van der Waals surface area contributed by atoms with Crippen LogP contribution in [0.15, 0.2) is 41.3 Å². The van der Waals surface area contributed by atoms with E-state index in [-0.39, 0.29) is 10.8 Å². The molecule has 0 fully saturated rings. The molecule has 0 aliphatic rings. The first-order valence-electron chi connectivity index (χ1n) is 7.09. The van der Waals surface area contributed by atoms with Crippen LogP contribution in [-0.4, -0.2) is 25.4 Å². The molecule has 1 amide bonds. The molecule has 2 aromatic carbocycles. The summed E-state index contributed by atoms with van der Waals surface area (Å²) in [5.74, 6) is -0.618. The Kier molecular flexibility index (Phi) is 6.03. The Balaban J connectivity index is 2.06. The van der Waals surface area contributed by atoms with Gasteiger partial charge in [0.2, 0.25) is 5.91 Å². The summed E-state index contributed by atoms with van der Waals surface area (Å²) in [6.45, 7) is 1.64. The van der Waals surface area contributed by atoms with Crippen LogP contribution in [-0.2, 0) is 4.79 Å². The fraction of sp³-hybridized carbons (Fsp3) is 0.235. The number of halogens is 2. The van der Waals surface area contributed by atoms with Gasteiger partial charge in [0, 0.05) is 22.7 Å². The first-order chi connectivity index (χ1) is 11.4. The predicted molar refractivity (Wildman–Crippen MR) is 89.9 cm³/mol. The first kappa shape index (κ1) is 18.1. The van der Waals surface area contributed by atoms with Gasteiger partial charge >= 0.3 is 0 Å². The molecule has 0 heterocycles. The molecule has 0 saturated heterocycles. The second-order valence-corrected chi connectivity index (χ2v) is 6.28. The Morgan fingerprint density at radius 2 is 1.79 bits per heavy atom. The van der Waals surface area contributed by atoms with Crippen molar-refractivity contribution < 1.29 is 23.0 Å². The van der Waals surface area contributed by atoms with Crippen molar-refractivity contribution in [1.82, 2.24) is 0 Å². The number of benzene rings is 2. The van der Waals surface area contributed by atoms with Gasteiger partial charge < -0.3 is 14.8 Å². The summed E-state index contributed by atoms with van der Waals surface area (Å²) in [5.41, 5.74) is 0.532. The number of amides is 1. The van der Waals surface area contributed by atoms with Crippen LogP contribution in [0.1, 0.15) is 6.92 Å². The molecule has 0 radical (unpaired) electrons. The van der Waals surface area contributed by atoms with Crippen molar-refractivity contribution in [1.29, 1.82) is 0 Å². The Morgan fingerprint density at radius 1 is 1.08 bits per heavy atom. The van der Waals surface area contributed by atoms with Gasteiger partial charge in [-0.2, -0.15) is 0 Å². The zero-order valence-electron chi connectivity index (χ0n) is 13.4. The van der Waals surface area contributed by atoms with E-state index in [4.69, 9.17) is 9.47 Å². The Hall–Kier alpha value is -2.28. The Bertz CT molecular complexity index is 740. The third-order valence-electron chi connectivity index (χ3n) is 3.22. The predicted octanol–water partition coefficient (Wildman–Crippen LogP) is 4.10. The van der Waals surface area contributed by atoms with E-state index >= 15 is 0 Å². The van der Waals surface area contributed by atoms with Gasteiger partial charge in [0.1, 0.15) is 11.6 Å². The minimum Gasteiger partial charge on any atom is -0.493 e. The fourth-order valence-electron chi connectivity index (χ4n) is 1.97. The standard InChI is InChI=1S/C17H17F2NO3S/c1-10(24-16-7-4-11(18)8-13(16)19)17(21)20-12-5-6-14(22-2)15(9-12)23-3/h4-10H,1-3H3,(H,20,21). The summed E-state index contributed by atoms with van der Waals surface area (Å²) >= 11 is 1.01. The van der Waals surface area contributed by atoms with Crippen LogP contribution >= 0.6 is 11.8 Å². The molecule has 0 aliphatic carbocycles. The maximum atomic E-state index is 13.7. The maximum Gasteiger partial charge on any atom is 0.237 e. The molecular formula is C17H17F2NO3S. The molecule has 24 heavy (non-hydrogen) atoms. The van der Waals surface area contributed by atoms with Crippen molar-refractivity contribution in [3.8, 4) is 11.5 Å². The normalized spacial score (nSPS) is 11.7. The number of rotatable bonds is 6. The third-order valence-corrected chi connectivity index (χ3v) is 4.37. The van der Waals surface area contributed by atoms with Gasteiger partial charge in [-0.05, 0) is 31.2 Å². The van der Waals surface area contributed by atoms with E-state index in [1.54, 1.807) is 25.1 Å². The number of carbonyl (C=O) groups excluding carboxylic acids is 1. The largest absolute Gasteiger partial charge is 0.493 e. The number of ether oxygens (including phenoxy) is 2. The molecule has 0 spiro atoms. The molecule has 0 saturated carbocycles. The summed E-state index contributed by atoms with van der Waals surface area (Å²) in [6.07, 6.45) is 0. The Morgan fingerprint density at radius 3 is 2.42 bits per heavy atom. The van der Waals surface area contributed by atoms with Crippen LogP contribution < -0.4 is 14.8 Å². The second-order valence-electron chi connectivity index (χ2n) is 4.89. The number of hydrogen-bond donors (Lipinski definition) is 1. The third kappa shape index (κ3) is 4.38. The molecule has 128 valence electrons. The quantitative estimate of drug-likeness (QED) is 0.794. The van der Waals surface area contributed by atoms with Crippen LogP contribution in [0.2, 0.25) is 0 Å². The summed E-state index contributed by atoms with van der Waals surface area (Å²) < 4.78 is 36.9. The van der Waals surface area contributed by atoms with Crippen molar-refractivity contribution in [2.24, 2.45) is 0 Å². The van der Waals surface area contributed by atoms with E-state index in [1.165, 1.54) is 20.3 Å². The molecule has 2 rings (SSSR count). The molecule has 7 heteroatoms. The smallest absolute Gasteiger partial charge is 0.237 e. The number of hydrogen-bond acceptors (Lipinski definition) is 4. The van der Waals surface area contributed by atoms with E-state index in [1.807, 2.05) is 0 Å². The highest BCUT2D eigenvalue weighted by Gasteiger charge is 2.17. The maximum absolute atomic E-state index is 13.7. The molecule has 1 unspecified atom stereocenters. The molecule has 0 aromatic heterocycles. The zero-order valence-corrected chi connectivity index (χ0v) is 14.2. The van der Waals surface area contributed by atoms with Gasteiger partial charge in [0.25, 0.3) is 0 Å².